The van der Waals surface area contributed by atoms with Crippen LogP contribution in [0.1, 0.15) is 72.6 Å². The van der Waals surface area contributed by atoms with Crippen molar-refractivity contribution in [2.75, 3.05) is 13.2 Å². The molecule has 1 saturated heterocycles. The van der Waals surface area contributed by atoms with Crippen LogP contribution in [-0.4, -0.2) is 45.8 Å². The van der Waals surface area contributed by atoms with Crippen LogP contribution in [0.3, 0.4) is 0 Å². The molecule has 4 heteroatoms. The monoisotopic (exact) mass is 340 g/mol. The number of fused-ring (bicyclic) bond motifs is 3. The van der Waals surface area contributed by atoms with E-state index in [0.29, 0.717) is 11.8 Å². The van der Waals surface area contributed by atoms with Gasteiger partial charge in [-0.2, -0.15) is 0 Å². The number of hydrogen-bond acceptors (Lipinski definition) is 4. The van der Waals surface area contributed by atoms with E-state index >= 15 is 0 Å². The van der Waals surface area contributed by atoms with Gasteiger partial charge in [0.2, 0.25) is 0 Å². The van der Waals surface area contributed by atoms with Gasteiger partial charge in [0.05, 0.1) is 17.8 Å². The van der Waals surface area contributed by atoms with Crippen LogP contribution in [0, 0.1) is 22.7 Å². The highest BCUT2D eigenvalue weighted by atomic mass is 16.5. The molecular weight excluding hydrogens is 304 g/mol. The summed E-state index contributed by atoms with van der Waals surface area (Å²) in [6.07, 6.45) is 6.53. The molecule has 4 nitrogen and oxygen atoms in total. The summed E-state index contributed by atoms with van der Waals surface area (Å²) in [5.74, 6) is 0.992. The molecule has 7 atom stereocenters. The normalized spacial score (nSPS) is 53.1. The van der Waals surface area contributed by atoms with E-state index < -0.39 is 11.7 Å². The summed E-state index contributed by atoms with van der Waals surface area (Å²) in [4.78, 5) is 0. The van der Waals surface area contributed by atoms with Crippen molar-refractivity contribution in [3.05, 3.63) is 0 Å². The molecule has 7 unspecified atom stereocenters. The van der Waals surface area contributed by atoms with Gasteiger partial charge < -0.3 is 20.1 Å². The standard InChI is InChI=1S/C20H36O4/c1-17(13-22)8-5-9-18(2)14(17)6-10-19(3)15(18)7-11-20(4,24-19)16(23)12-21/h14-16,21-23H,5-13H2,1-4H3. The van der Waals surface area contributed by atoms with E-state index in [9.17, 15) is 15.3 Å². The first kappa shape index (κ1) is 18.6. The van der Waals surface area contributed by atoms with Crippen LogP contribution in [0.5, 0.6) is 0 Å². The highest BCUT2D eigenvalue weighted by Gasteiger charge is 2.62. The molecule has 0 aromatic heterocycles. The summed E-state index contributed by atoms with van der Waals surface area (Å²) >= 11 is 0. The van der Waals surface area contributed by atoms with Gasteiger partial charge in [-0.15, -0.1) is 0 Å². The van der Waals surface area contributed by atoms with E-state index in [1.54, 1.807) is 0 Å². The molecule has 3 rings (SSSR count). The highest BCUT2D eigenvalue weighted by molar-refractivity contribution is 5.11. The number of aliphatic hydroxyl groups excluding tert-OH is 3. The first-order valence-corrected chi connectivity index (χ1v) is 9.73. The largest absolute Gasteiger partial charge is 0.396 e. The Hall–Kier alpha value is -0.160. The number of aliphatic hydroxyl groups is 3. The van der Waals surface area contributed by atoms with E-state index in [1.165, 1.54) is 12.8 Å². The van der Waals surface area contributed by atoms with Gasteiger partial charge in [-0.1, -0.05) is 20.3 Å². The van der Waals surface area contributed by atoms with Crippen molar-refractivity contribution in [3.63, 3.8) is 0 Å². The van der Waals surface area contributed by atoms with Crippen molar-refractivity contribution < 1.29 is 20.1 Å². The maximum atomic E-state index is 10.3. The average molecular weight is 341 g/mol. The molecule has 2 aliphatic carbocycles. The molecule has 0 bridgehead atoms. The van der Waals surface area contributed by atoms with Gasteiger partial charge in [-0.3, -0.25) is 0 Å². The summed E-state index contributed by atoms with van der Waals surface area (Å²) in [7, 11) is 0. The molecule has 0 spiro atoms. The third kappa shape index (κ3) is 2.56. The molecule has 0 aromatic carbocycles. The molecule has 140 valence electrons. The average Bonchev–Trinajstić information content (AvgIpc) is 2.52. The summed E-state index contributed by atoms with van der Waals surface area (Å²) in [5.41, 5.74) is -0.686. The molecule has 3 N–H and O–H groups in total. The molecule has 24 heavy (non-hydrogen) atoms. The van der Waals surface area contributed by atoms with Crippen molar-refractivity contribution in [1.29, 1.82) is 0 Å². The number of ether oxygens (including phenoxy) is 1. The Morgan fingerprint density at radius 1 is 0.958 bits per heavy atom. The SMILES string of the molecule is CC1(CO)CCCC2(C)C1CCC1(C)OC(C)(C(O)CO)CCC12. The minimum Gasteiger partial charge on any atom is -0.396 e. The van der Waals surface area contributed by atoms with Crippen molar-refractivity contribution in [2.24, 2.45) is 22.7 Å². The van der Waals surface area contributed by atoms with Gasteiger partial charge in [0.1, 0.15) is 6.10 Å². The summed E-state index contributed by atoms with van der Waals surface area (Å²) in [6.45, 7) is 8.87. The summed E-state index contributed by atoms with van der Waals surface area (Å²) in [6, 6.07) is 0. The molecule has 0 amide bonds. The van der Waals surface area contributed by atoms with Crippen LogP contribution in [0.15, 0.2) is 0 Å². The fourth-order valence-electron chi connectivity index (χ4n) is 6.80. The minimum absolute atomic E-state index is 0.0275. The Labute approximate surface area is 146 Å². The lowest BCUT2D eigenvalue weighted by Gasteiger charge is -2.65. The van der Waals surface area contributed by atoms with Crippen LogP contribution in [-0.2, 0) is 4.74 Å². The number of rotatable bonds is 3. The molecule has 1 heterocycles. The van der Waals surface area contributed by atoms with Gasteiger partial charge in [0.15, 0.2) is 0 Å². The van der Waals surface area contributed by atoms with Crippen molar-refractivity contribution in [2.45, 2.75) is 89.9 Å². The second-order valence-corrected chi connectivity index (χ2v) is 9.78. The van der Waals surface area contributed by atoms with Crippen molar-refractivity contribution >= 4 is 0 Å². The van der Waals surface area contributed by atoms with Gasteiger partial charge in [0, 0.05) is 6.61 Å². The Balaban J connectivity index is 1.91. The quantitative estimate of drug-likeness (QED) is 0.739. The minimum atomic E-state index is -0.824. The van der Waals surface area contributed by atoms with Crippen LogP contribution in [0.4, 0.5) is 0 Å². The maximum Gasteiger partial charge on any atom is 0.106 e. The van der Waals surface area contributed by atoms with Crippen LogP contribution in [0.25, 0.3) is 0 Å². The van der Waals surface area contributed by atoms with Gasteiger partial charge in [-0.05, 0) is 75.0 Å². The zero-order valence-electron chi connectivity index (χ0n) is 15.8. The predicted octanol–water partition coefficient (Wildman–Crippen LogP) is 2.88. The van der Waals surface area contributed by atoms with E-state index in [2.05, 4.69) is 20.8 Å². The molecule has 0 aromatic rings. The van der Waals surface area contributed by atoms with Crippen LogP contribution in [0.2, 0.25) is 0 Å². The van der Waals surface area contributed by atoms with E-state index in [1.807, 2.05) is 6.92 Å². The molecule has 3 fully saturated rings. The first-order chi connectivity index (χ1) is 11.1. The Morgan fingerprint density at radius 3 is 2.25 bits per heavy atom. The van der Waals surface area contributed by atoms with Crippen LogP contribution >= 0.6 is 0 Å². The third-order valence-electron chi connectivity index (χ3n) is 8.20. The molecule has 0 radical (unpaired) electrons. The third-order valence-corrected chi connectivity index (χ3v) is 8.20. The van der Waals surface area contributed by atoms with Gasteiger partial charge in [-0.25, -0.2) is 0 Å². The fourth-order valence-corrected chi connectivity index (χ4v) is 6.80. The molecule has 1 aliphatic heterocycles. The Kier molecular flexibility index (Phi) is 4.61. The van der Waals surface area contributed by atoms with Gasteiger partial charge >= 0.3 is 0 Å². The Morgan fingerprint density at radius 2 is 1.62 bits per heavy atom. The van der Waals surface area contributed by atoms with Gasteiger partial charge in [0.25, 0.3) is 0 Å². The lowest BCUT2D eigenvalue weighted by atomic mass is 9.44. The lowest BCUT2D eigenvalue weighted by molar-refractivity contribution is -0.289. The Bertz CT molecular complexity index is 482. The highest BCUT2D eigenvalue weighted by Crippen LogP contribution is 2.65. The second kappa shape index (κ2) is 5.94. The zero-order chi connectivity index (χ0) is 17.8. The lowest BCUT2D eigenvalue weighted by Crippen LogP contribution is -2.65. The summed E-state index contributed by atoms with van der Waals surface area (Å²) in [5, 5.41) is 29.7. The zero-order valence-corrected chi connectivity index (χ0v) is 15.8. The maximum absolute atomic E-state index is 10.3. The molecule has 2 saturated carbocycles. The van der Waals surface area contributed by atoms with Crippen molar-refractivity contribution in [1.82, 2.24) is 0 Å². The molecular formula is C20H36O4. The first-order valence-electron chi connectivity index (χ1n) is 9.73. The van der Waals surface area contributed by atoms with E-state index in [4.69, 9.17) is 4.74 Å². The summed E-state index contributed by atoms with van der Waals surface area (Å²) < 4.78 is 6.56. The fraction of sp³-hybridized carbons (Fsp3) is 1.00. The number of hydrogen-bond donors (Lipinski definition) is 3. The second-order valence-electron chi connectivity index (χ2n) is 9.78. The van der Waals surface area contributed by atoms with E-state index in [-0.39, 0.29) is 29.6 Å². The topological polar surface area (TPSA) is 69.9 Å². The van der Waals surface area contributed by atoms with Crippen molar-refractivity contribution in [3.8, 4) is 0 Å². The smallest absolute Gasteiger partial charge is 0.106 e. The van der Waals surface area contributed by atoms with E-state index in [0.717, 1.165) is 32.1 Å². The molecule has 3 aliphatic rings. The predicted molar refractivity (Wildman–Crippen MR) is 93.6 cm³/mol. The van der Waals surface area contributed by atoms with Crippen LogP contribution < -0.4 is 0 Å².